The lowest BCUT2D eigenvalue weighted by Gasteiger charge is -2.29. The highest BCUT2D eigenvalue weighted by Crippen LogP contribution is 2.17. The minimum atomic E-state index is -3.07. The summed E-state index contributed by atoms with van der Waals surface area (Å²) in [4.78, 5) is 0. The Balaban J connectivity index is 2.33. The van der Waals surface area contributed by atoms with Crippen LogP contribution in [0.5, 0.6) is 0 Å². The van der Waals surface area contributed by atoms with E-state index < -0.39 is 10.0 Å². The fourth-order valence-electron chi connectivity index (χ4n) is 2.07. The van der Waals surface area contributed by atoms with Crippen molar-refractivity contribution in [2.75, 3.05) is 25.4 Å². The van der Waals surface area contributed by atoms with E-state index in [1.54, 1.807) is 0 Å². The summed E-state index contributed by atoms with van der Waals surface area (Å²) in [6.07, 6.45) is 1.80. The van der Waals surface area contributed by atoms with Gasteiger partial charge in [-0.15, -0.1) is 0 Å². The molecule has 0 aliphatic carbocycles. The van der Waals surface area contributed by atoms with E-state index in [1.165, 1.54) is 0 Å². The van der Waals surface area contributed by atoms with Gasteiger partial charge in [0.25, 0.3) is 0 Å². The molecule has 0 aromatic heterocycles. The number of hydrogen-bond donors (Lipinski definition) is 2. The Morgan fingerprint density at radius 1 is 1.41 bits per heavy atom. The molecule has 1 aliphatic rings. The molecule has 1 saturated heterocycles. The van der Waals surface area contributed by atoms with Crippen molar-refractivity contribution < 1.29 is 8.42 Å². The van der Waals surface area contributed by atoms with Crippen molar-refractivity contribution in [3.05, 3.63) is 0 Å². The molecule has 1 rings (SSSR count). The molecule has 0 bridgehead atoms. The Morgan fingerprint density at radius 3 is 2.71 bits per heavy atom. The predicted molar refractivity (Wildman–Crippen MR) is 71.4 cm³/mol. The van der Waals surface area contributed by atoms with Gasteiger partial charge >= 0.3 is 0 Å². The third-order valence-corrected chi connectivity index (χ3v) is 4.87. The molecular formula is C12H26N2O2S. The molecular weight excluding hydrogens is 236 g/mol. The Kier molecular flexibility index (Phi) is 5.89. The van der Waals surface area contributed by atoms with Crippen molar-refractivity contribution in [2.24, 2.45) is 17.8 Å². The number of hydrogen-bond acceptors (Lipinski definition) is 3. The molecule has 4 nitrogen and oxygen atoms in total. The summed E-state index contributed by atoms with van der Waals surface area (Å²) in [7, 11) is -3.07. The van der Waals surface area contributed by atoms with Crippen molar-refractivity contribution >= 4 is 10.0 Å². The minimum absolute atomic E-state index is 0.254. The molecule has 2 unspecified atom stereocenters. The molecule has 17 heavy (non-hydrogen) atoms. The molecule has 1 heterocycles. The van der Waals surface area contributed by atoms with Gasteiger partial charge in [-0.3, -0.25) is 0 Å². The van der Waals surface area contributed by atoms with E-state index in [0.717, 1.165) is 25.9 Å². The zero-order valence-electron chi connectivity index (χ0n) is 11.2. The van der Waals surface area contributed by atoms with Gasteiger partial charge < -0.3 is 5.32 Å². The standard InChI is InChI=1S/C12H26N2O2S/c1-10(2)5-7-17(15,16)14-9-12-4-6-13-8-11(12)3/h10-14H,4-9H2,1-3H3. The molecule has 1 fully saturated rings. The number of sulfonamides is 1. The molecule has 0 amide bonds. The molecule has 5 heteroatoms. The number of piperidine rings is 1. The summed E-state index contributed by atoms with van der Waals surface area (Å²) in [5.41, 5.74) is 0. The van der Waals surface area contributed by atoms with E-state index >= 15 is 0 Å². The maximum absolute atomic E-state index is 11.8. The van der Waals surface area contributed by atoms with E-state index in [-0.39, 0.29) is 5.75 Å². The van der Waals surface area contributed by atoms with Crippen LogP contribution in [0.15, 0.2) is 0 Å². The summed E-state index contributed by atoms with van der Waals surface area (Å²) in [6.45, 7) is 8.87. The average Bonchev–Trinajstić information content (AvgIpc) is 2.26. The second kappa shape index (κ2) is 6.71. The molecule has 2 N–H and O–H groups in total. The van der Waals surface area contributed by atoms with E-state index in [4.69, 9.17) is 0 Å². The number of nitrogens with one attached hydrogen (secondary N) is 2. The van der Waals surface area contributed by atoms with Crippen LogP contribution in [0.3, 0.4) is 0 Å². The normalized spacial score (nSPS) is 26.4. The monoisotopic (exact) mass is 262 g/mol. The molecule has 0 aromatic carbocycles. The van der Waals surface area contributed by atoms with Crippen LogP contribution < -0.4 is 10.0 Å². The van der Waals surface area contributed by atoms with Crippen molar-refractivity contribution in [3.63, 3.8) is 0 Å². The summed E-state index contributed by atoms with van der Waals surface area (Å²) in [6, 6.07) is 0. The first-order chi connectivity index (χ1) is 7.91. The molecule has 102 valence electrons. The van der Waals surface area contributed by atoms with Gasteiger partial charge in [0.05, 0.1) is 5.75 Å². The Morgan fingerprint density at radius 2 is 2.12 bits per heavy atom. The molecule has 0 radical (unpaired) electrons. The summed E-state index contributed by atoms with van der Waals surface area (Å²) in [5.74, 6) is 1.72. The van der Waals surface area contributed by atoms with Crippen LogP contribution >= 0.6 is 0 Å². The van der Waals surface area contributed by atoms with Crippen LogP contribution in [0.1, 0.15) is 33.6 Å². The first-order valence-corrected chi connectivity index (χ1v) is 8.24. The lowest BCUT2D eigenvalue weighted by molar-refractivity contribution is 0.274. The highest BCUT2D eigenvalue weighted by Gasteiger charge is 2.22. The molecule has 0 spiro atoms. The quantitative estimate of drug-likeness (QED) is 0.756. The molecule has 1 aliphatic heterocycles. The van der Waals surface area contributed by atoms with Gasteiger partial charge in [0.15, 0.2) is 0 Å². The molecule has 0 aromatic rings. The SMILES string of the molecule is CC(C)CCS(=O)(=O)NCC1CCNCC1C. The van der Waals surface area contributed by atoms with Crippen molar-refractivity contribution in [1.82, 2.24) is 10.0 Å². The van der Waals surface area contributed by atoms with Gasteiger partial charge in [0.2, 0.25) is 10.0 Å². The lowest BCUT2D eigenvalue weighted by Crippen LogP contribution is -2.41. The first-order valence-electron chi connectivity index (χ1n) is 6.59. The van der Waals surface area contributed by atoms with E-state index in [1.807, 2.05) is 13.8 Å². The highest BCUT2D eigenvalue weighted by molar-refractivity contribution is 7.89. The Labute approximate surface area is 106 Å². The zero-order valence-corrected chi connectivity index (χ0v) is 12.0. The summed E-state index contributed by atoms with van der Waals surface area (Å²) in [5, 5.41) is 3.32. The third-order valence-electron chi connectivity index (χ3n) is 3.49. The van der Waals surface area contributed by atoms with Gasteiger partial charge in [-0.25, -0.2) is 13.1 Å². The van der Waals surface area contributed by atoms with Gasteiger partial charge in [0, 0.05) is 6.54 Å². The maximum Gasteiger partial charge on any atom is 0.211 e. The van der Waals surface area contributed by atoms with Crippen LogP contribution in [-0.4, -0.2) is 33.8 Å². The maximum atomic E-state index is 11.8. The smallest absolute Gasteiger partial charge is 0.211 e. The van der Waals surface area contributed by atoms with Crippen molar-refractivity contribution in [2.45, 2.75) is 33.6 Å². The first kappa shape index (κ1) is 14.9. The van der Waals surface area contributed by atoms with Crippen LogP contribution in [-0.2, 0) is 10.0 Å². The average molecular weight is 262 g/mol. The third kappa shape index (κ3) is 5.84. The van der Waals surface area contributed by atoms with Crippen LogP contribution in [0.25, 0.3) is 0 Å². The van der Waals surface area contributed by atoms with E-state index in [2.05, 4.69) is 17.0 Å². The fourth-order valence-corrected chi connectivity index (χ4v) is 3.46. The number of rotatable bonds is 6. The van der Waals surface area contributed by atoms with Gasteiger partial charge in [0.1, 0.15) is 0 Å². The van der Waals surface area contributed by atoms with E-state index in [0.29, 0.717) is 24.3 Å². The predicted octanol–water partition coefficient (Wildman–Crippen LogP) is 1.20. The summed E-state index contributed by atoms with van der Waals surface area (Å²) < 4.78 is 26.3. The zero-order chi connectivity index (χ0) is 12.9. The van der Waals surface area contributed by atoms with Crippen LogP contribution in [0, 0.1) is 17.8 Å². The van der Waals surface area contributed by atoms with Gasteiger partial charge in [-0.05, 0) is 43.7 Å². The topological polar surface area (TPSA) is 58.2 Å². The second-order valence-corrected chi connectivity index (χ2v) is 7.51. The molecule has 2 atom stereocenters. The Bertz CT molecular complexity index is 314. The van der Waals surface area contributed by atoms with E-state index in [9.17, 15) is 8.42 Å². The van der Waals surface area contributed by atoms with Crippen molar-refractivity contribution in [3.8, 4) is 0 Å². The highest BCUT2D eigenvalue weighted by atomic mass is 32.2. The minimum Gasteiger partial charge on any atom is -0.316 e. The second-order valence-electron chi connectivity index (χ2n) is 5.58. The Hall–Kier alpha value is -0.130. The van der Waals surface area contributed by atoms with Crippen LogP contribution in [0.2, 0.25) is 0 Å². The van der Waals surface area contributed by atoms with Gasteiger partial charge in [-0.1, -0.05) is 20.8 Å². The summed E-state index contributed by atoms with van der Waals surface area (Å²) >= 11 is 0. The largest absolute Gasteiger partial charge is 0.316 e. The van der Waals surface area contributed by atoms with Gasteiger partial charge in [-0.2, -0.15) is 0 Å². The fraction of sp³-hybridized carbons (Fsp3) is 1.00. The lowest BCUT2D eigenvalue weighted by atomic mass is 9.88. The van der Waals surface area contributed by atoms with Crippen LogP contribution in [0.4, 0.5) is 0 Å². The van der Waals surface area contributed by atoms with Crippen molar-refractivity contribution in [1.29, 1.82) is 0 Å². The molecule has 0 saturated carbocycles.